The van der Waals surface area contributed by atoms with Gasteiger partial charge in [-0.3, -0.25) is 0 Å². The molecular weight excluding hydrogens is 224 g/mol. The molecule has 0 saturated carbocycles. The molecule has 0 amide bonds. The maximum Gasteiger partial charge on any atom is 0.290 e. The summed E-state index contributed by atoms with van der Waals surface area (Å²) in [6, 6.07) is 9.68. The van der Waals surface area contributed by atoms with Crippen molar-refractivity contribution in [2.75, 3.05) is 6.61 Å². The summed E-state index contributed by atoms with van der Waals surface area (Å²) in [6.45, 7) is 2.44. The van der Waals surface area contributed by atoms with Crippen LogP contribution in [0.5, 0.6) is 0 Å². The molecular formula is C11H12N2O2S. The summed E-state index contributed by atoms with van der Waals surface area (Å²) in [5.74, 6) is 0.502. The predicted octanol–water partition coefficient (Wildman–Crippen LogP) is 1.98. The molecule has 5 heteroatoms. The van der Waals surface area contributed by atoms with E-state index in [1.54, 1.807) is 0 Å². The number of nitrogens with one attached hydrogen (secondary N) is 1. The summed E-state index contributed by atoms with van der Waals surface area (Å²) in [5, 5.41) is 7.13. The average Bonchev–Trinajstić information content (AvgIpc) is 2.33. The van der Waals surface area contributed by atoms with Gasteiger partial charge in [0.15, 0.2) is 0 Å². The molecule has 0 saturated heterocycles. The number of thiocarbonyl (C=S) groups is 1. The maximum atomic E-state index is 5.40. The maximum absolute atomic E-state index is 5.40. The first-order valence-electron chi connectivity index (χ1n) is 5.04. The third-order valence-electron chi connectivity index (χ3n) is 2.15. The first-order chi connectivity index (χ1) is 7.81. The number of benzene rings is 1. The molecule has 1 N–H and O–H groups in total. The van der Waals surface area contributed by atoms with Gasteiger partial charge in [-0.25, -0.2) is 0 Å². The fraction of sp³-hybridized carbons (Fsp3) is 0.273. The molecule has 1 aromatic rings. The van der Waals surface area contributed by atoms with E-state index < -0.39 is 0 Å². The first-order valence-corrected chi connectivity index (χ1v) is 5.45. The van der Waals surface area contributed by atoms with Gasteiger partial charge in [0.2, 0.25) is 0 Å². The van der Waals surface area contributed by atoms with Crippen molar-refractivity contribution in [1.82, 2.24) is 5.32 Å². The van der Waals surface area contributed by atoms with Crippen LogP contribution in [-0.2, 0) is 9.57 Å². The van der Waals surface area contributed by atoms with Gasteiger partial charge in [-0.1, -0.05) is 30.3 Å². The van der Waals surface area contributed by atoms with Gasteiger partial charge in [0.05, 0.1) is 6.61 Å². The molecule has 0 spiro atoms. The molecule has 1 unspecified atom stereocenters. The second kappa shape index (κ2) is 4.94. The van der Waals surface area contributed by atoms with Crippen LogP contribution in [0, 0.1) is 0 Å². The van der Waals surface area contributed by atoms with Crippen LogP contribution in [0.1, 0.15) is 18.5 Å². The Hall–Kier alpha value is -1.62. The standard InChI is InChI=1S/C11H12N2O2S/c1-2-14-10-9(12-11(16)15-13-10)8-6-4-3-5-7-8/h3-7,9H,2H2,1H3,(H,12,16). The summed E-state index contributed by atoms with van der Waals surface area (Å²) in [5.41, 5.74) is 1.04. The number of hydrogen-bond acceptors (Lipinski definition) is 4. The molecule has 0 fully saturated rings. The third-order valence-corrected chi connectivity index (χ3v) is 2.35. The molecule has 1 aliphatic heterocycles. The Morgan fingerprint density at radius 3 is 2.88 bits per heavy atom. The Morgan fingerprint density at radius 1 is 1.44 bits per heavy atom. The largest absolute Gasteiger partial charge is 0.477 e. The SMILES string of the molecule is CCOC1=NOC(=S)NC1c1ccccc1. The van der Waals surface area contributed by atoms with Crippen LogP contribution in [0.4, 0.5) is 0 Å². The topological polar surface area (TPSA) is 42.9 Å². The van der Waals surface area contributed by atoms with E-state index in [-0.39, 0.29) is 11.2 Å². The number of oxime groups is 1. The fourth-order valence-corrected chi connectivity index (χ4v) is 1.63. The molecule has 84 valence electrons. The Kier molecular flexibility index (Phi) is 3.36. The zero-order valence-corrected chi connectivity index (χ0v) is 9.66. The van der Waals surface area contributed by atoms with E-state index in [0.717, 1.165) is 5.56 Å². The minimum atomic E-state index is -0.164. The molecule has 1 aromatic carbocycles. The zero-order valence-electron chi connectivity index (χ0n) is 8.84. The molecule has 0 aliphatic carbocycles. The molecule has 0 bridgehead atoms. The van der Waals surface area contributed by atoms with E-state index in [0.29, 0.717) is 12.5 Å². The van der Waals surface area contributed by atoms with Crippen LogP contribution < -0.4 is 5.32 Å². The predicted molar refractivity (Wildman–Crippen MR) is 65.1 cm³/mol. The lowest BCUT2D eigenvalue weighted by Gasteiger charge is -2.24. The van der Waals surface area contributed by atoms with Crippen LogP contribution in [0.25, 0.3) is 0 Å². The monoisotopic (exact) mass is 236 g/mol. The van der Waals surface area contributed by atoms with Gasteiger partial charge >= 0.3 is 0 Å². The molecule has 2 rings (SSSR count). The lowest BCUT2D eigenvalue weighted by Crippen LogP contribution is -2.38. The van der Waals surface area contributed by atoms with Crippen molar-refractivity contribution in [3.05, 3.63) is 35.9 Å². The second-order valence-electron chi connectivity index (χ2n) is 3.23. The van der Waals surface area contributed by atoms with Gasteiger partial charge in [0, 0.05) is 0 Å². The fourth-order valence-electron chi connectivity index (χ4n) is 1.47. The number of hydrogen-bond donors (Lipinski definition) is 1. The highest BCUT2D eigenvalue weighted by molar-refractivity contribution is 7.80. The van der Waals surface area contributed by atoms with Crippen molar-refractivity contribution >= 4 is 23.3 Å². The van der Waals surface area contributed by atoms with E-state index in [9.17, 15) is 0 Å². The van der Waals surface area contributed by atoms with Crippen LogP contribution in [0.15, 0.2) is 35.5 Å². The number of rotatable bonds is 2. The van der Waals surface area contributed by atoms with Gasteiger partial charge < -0.3 is 14.9 Å². The third kappa shape index (κ3) is 2.30. The lowest BCUT2D eigenvalue weighted by atomic mass is 10.1. The normalized spacial score (nSPS) is 19.4. The highest BCUT2D eigenvalue weighted by Crippen LogP contribution is 2.18. The van der Waals surface area contributed by atoms with Gasteiger partial charge in [-0.05, 0) is 29.9 Å². The van der Waals surface area contributed by atoms with Gasteiger partial charge in [-0.15, -0.1) is 0 Å². The average molecular weight is 236 g/mol. The Labute approximate surface area is 99.2 Å². The minimum absolute atomic E-state index is 0.164. The highest BCUT2D eigenvalue weighted by Gasteiger charge is 2.25. The Morgan fingerprint density at radius 2 is 2.19 bits per heavy atom. The van der Waals surface area contributed by atoms with Crippen molar-refractivity contribution in [1.29, 1.82) is 0 Å². The van der Waals surface area contributed by atoms with Crippen molar-refractivity contribution in [3.8, 4) is 0 Å². The van der Waals surface area contributed by atoms with Crippen molar-refractivity contribution in [2.45, 2.75) is 13.0 Å². The minimum Gasteiger partial charge on any atom is -0.477 e. The molecule has 1 heterocycles. The highest BCUT2D eigenvalue weighted by atomic mass is 32.1. The van der Waals surface area contributed by atoms with Crippen molar-refractivity contribution in [3.63, 3.8) is 0 Å². The van der Waals surface area contributed by atoms with Gasteiger partial charge in [0.1, 0.15) is 6.04 Å². The molecule has 16 heavy (non-hydrogen) atoms. The van der Waals surface area contributed by atoms with Crippen molar-refractivity contribution < 1.29 is 9.57 Å². The van der Waals surface area contributed by atoms with E-state index in [4.69, 9.17) is 21.8 Å². The zero-order chi connectivity index (χ0) is 11.4. The molecule has 0 aromatic heterocycles. The second-order valence-corrected chi connectivity index (χ2v) is 3.60. The Bertz CT molecular complexity index is 406. The molecule has 4 nitrogen and oxygen atoms in total. The van der Waals surface area contributed by atoms with Crippen LogP contribution in [0.3, 0.4) is 0 Å². The van der Waals surface area contributed by atoms with Crippen molar-refractivity contribution in [2.24, 2.45) is 5.16 Å². The summed E-state index contributed by atoms with van der Waals surface area (Å²) in [6.07, 6.45) is 0. The Balaban J connectivity index is 2.26. The lowest BCUT2D eigenvalue weighted by molar-refractivity contribution is 0.234. The molecule has 1 atom stereocenters. The van der Waals surface area contributed by atoms with E-state index >= 15 is 0 Å². The van der Waals surface area contributed by atoms with E-state index in [2.05, 4.69) is 10.5 Å². The van der Waals surface area contributed by atoms with Crippen LogP contribution in [-0.4, -0.2) is 17.7 Å². The summed E-state index contributed by atoms with van der Waals surface area (Å²) in [7, 11) is 0. The van der Waals surface area contributed by atoms with Crippen LogP contribution >= 0.6 is 12.2 Å². The number of nitrogens with zero attached hydrogens (tertiary/aromatic N) is 1. The van der Waals surface area contributed by atoms with E-state index in [1.165, 1.54) is 0 Å². The van der Waals surface area contributed by atoms with Crippen LogP contribution in [0.2, 0.25) is 0 Å². The van der Waals surface area contributed by atoms with Gasteiger partial charge in [0.25, 0.3) is 11.1 Å². The summed E-state index contributed by atoms with van der Waals surface area (Å²) < 4.78 is 5.40. The first kappa shape index (κ1) is 10.9. The number of ether oxygens (including phenoxy) is 1. The van der Waals surface area contributed by atoms with Gasteiger partial charge in [-0.2, -0.15) is 0 Å². The summed E-state index contributed by atoms with van der Waals surface area (Å²) >= 11 is 4.92. The smallest absolute Gasteiger partial charge is 0.290 e. The molecule has 0 radical (unpaired) electrons. The quantitative estimate of drug-likeness (QED) is 0.797. The summed E-state index contributed by atoms with van der Waals surface area (Å²) in [4.78, 5) is 4.88. The van der Waals surface area contributed by atoms with E-state index in [1.807, 2.05) is 37.3 Å². The molecule has 1 aliphatic rings.